The Balaban J connectivity index is 2.42. The molecule has 0 aliphatic carbocycles. The summed E-state index contributed by atoms with van der Waals surface area (Å²) in [5, 5.41) is 3.00. The molecule has 0 fully saturated rings. The van der Waals surface area contributed by atoms with E-state index in [1.165, 1.54) is 0 Å². The molecule has 4 nitrogen and oxygen atoms in total. The lowest BCUT2D eigenvalue weighted by Crippen LogP contribution is -2.33. The second-order valence-electron chi connectivity index (χ2n) is 5.01. The molecule has 0 radical (unpaired) electrons. The number of likely N-dealkylation sites (N-methyl/N-ethyl adjacent to an activating group) is 1. The first-order valence-electron chi connectivity index (χ1n) is 5.57. The third kappa shape index (κ3) is 5.28. The fraction of sp³-hybridized carbons (Fsp3) is 0.667. The van der Waals surface area contributed by atoms with E-state index in [9.17, 15) is 4.79 Å². The maximum atomic E-state index is 11.8. The minimum Gasteiger partial charge on any atom is -0.366 e. The van der Waals surface area contributed by atoms with Crippen LogP contribution in [0.5, 0.6) is 0 Å². The maximum Gasteiger partial charge on any atom is 0.248 e. The van der Waals surface area contributed by atoms with E-state index in [2.05, 4.69) is 4.98 Å². The average molecular weight is 256 g/mol. The van der Waals surface area contributed by atoms with Crippen molar-refractivity contribution in [2.24, 2.45) is 0 Å². The topological polar surface area (TPSA) is 42.4 Å². The summed E-state index contributed by atoms with van der Waals surface area (Å²) >= 11 is 1.60. The van der Waals surface area contributed by atoms with Gasteiger partial charge in [0.25, 0.3) is 0 Å². The summed E-state index contributed by atoms with van der Waals surface area (Å²) in [6, 6.07) is 0. The van der Waals surface area contributed by atoms with Crippen molar-refractivity contribution in [2.45, 2.75) is 39.8 Å². The van der Waals surface area contributed by atoms with Crippen LogP contribution >= 0.6 is 11.3 Å². The molecule has 0 bridgehead atoms. The predicted octanol–water partition coefficient (Wildman–Crippen LogP) is 2.23. The predicted molar refractivity (Wildman–Crippen MR) is 69.0 cm³/mol. The van der Waals surface area contributed by atoms with Crippen molar-refractivity contribution >= 4 is 17.2 Å². The van der Waals surface area contributed by atoms with Crippen LogP contribution in [-0.2, 0) is 16.1 Å². The highest BCUT2D eigenvalue weighted by atomic mass is 32.1. The van der Waals surface area contributed by atoms with Gasteiger partial charge in [-0.2, -0.15) is 0 Å². The van der Waals surface area contributed by atoms with E-state index in [-0.39, 0.29) is 18.1 Å². The second-order valence-corrected chi connectivity index (χ2v) is 6.07. The molecule has 0 saturated carbocycles. The third-order valence-electron chi connectivity index (χ3n) is 2.12. The van der Waals surface area contributed by atoms with Gasteiger partial charge in [0.05, 0.1) is 22.8 Å². The first kappa shape index (κ1) is 14.1. The lowest BCUT2D eigenvalue weighted by Gasteiger charge is -2.22. The molecule has 1 aromatic rings. The van der Waals surface area contributed by atoms with Crippen LogP contribution in [0.15, 0.2) is 5.38 Å². The highest BCUT2D eigenvalue weighted by molar-refractivity contribution is 7.09. The van der Waals surface area contributed by atoms with Crippen molar-refractivity contribution in [1.82, 2.24) is 9.88 Å². The molecular formula is C12H20N2O2S. The van der Waals surface area contributed by atoms with Crippen LogP contribution in [0.4, 0.5) is 0 Å². The molecule has 0 N–H and O–H groups in total. The number of carbonyl (C=O) groups is 1. The van der Waals surface area contributed by atoms with Gasteiger partial charge in [-0.05, 0) is 27.7 Å². The summed E-state index contributed by atoms with van der Waals surface area (Å²) < 4.78 is 5.45. The molecule has 0 spiro atoms. The molecule has 0 aliphatic heterocycles. The lowest BCUT2D eigenvalue weighted by molar-refractivity contribution is -0.140. The van der Waals surface area contributed by atoms with E-state index < -0.39 is 0 Å². The summed E-state index contributed by atoms with van der Waals surface area (Å²) in [4.78, 5) is 17.7. The van der Waals surface area contributed by atoms with Crippen molar-refractivity contribution in [3.05, 3.63) is 16.1 Å². The molecule has 5 heteroatoms. The van der Waals surface area contributed by atoms with E-state index in [1.54, 1.807) is 23.3 Å². The maximum absolute atomic E-state index is 11.8. The number of aromatic nitrogens is 1. The second kappa shape index (κ2) is 5.60. The van der Waals surface area contributed by atoms with Gasteiger partial charge < -0.3 is 9.64 Å². The Morgan fingerprint density at radius 3 is 2.65 bits per heavy atom. The highest BCUT2D eigenvalue weighted by Crippen LogP contribution is 2.11. The number of ether oxygens (including phenoxy) is 1. The van der Waals surface area contributed by atoms with E-state index in [4.69, 9.17) is 4.74 Å². The van der Waals surface area contributed by atoms with Crippen LogP contribution in [-0.4, -0.2) is 35.0 Å². The van der Waals surface area contributed by atoms with E-state index >= 15 is 0 Å². The van der Waals surface area contributed by atoms with Crippen molar-refractivity contribution in [3.63, 3.8) is 0 Å². The molecule has 96 valence electrons. The van der Waals surface area contributed by atoms with Gasteiger partial charge in [-0.3, -0.25) is 4.79 Å². The lowest BCUT2D eigenvalue weighted by atomic mass is 10.2. The summed E-state index contributed by atoms with van der Waals surface area (Å²) in [5.41, 5.74) is 0.646. The van der Waals surface area contributed by atoms with Crippen LogP contribution in [0.3, 0.4) is 0 Å². The van der Waals surface area contributed by atoms with Gasteiger partial charge >= 0.3 is 0 Å². The van der Waals surface area contributed by atoms with Crippen LogP contribution < -0.4 is 0 Å². The highest BCUT2D eigenvalue weighted by Gasteiger charge is 2.16. The van der Waals surface area contributed by atoms with E-state index in [0.29, 0.717) is 6.54 Å². The first-order valence-corrected chi connectivity index (χ1v) is 6.45. The average Bonchev–Trinajstić information content (AvgIpc) is 2.59. The minimum absolute atomic E-state index is 0.0226. The summed E-state index contributed by atoms with van der Waals surface area (Å²) in [5.74, 6) is -0.0226. The third-order valence-corrected chi connectivity index (χ3v) is 2.94. The Hall–Kier alpha value is -0.940. The molecule has 1 heterocycles. The van der Waals surface area contributed by atoms with Crippen LogP contribution in [0.2, 0.25) is 0 Å². The molecule has 0 saturated heterocycles. The Morgan fingerprint density at radius 1 is 1.53 bits per heavy atom. The van der Waals surface area contributed by atoms with Gasteiger partial charge in [-0.25, -0.2) is 4.98 Å². The number of hydrogen-bond donors (Lipinski definition) is 0. The summed E-state index contributed by atoms with van der Waals surface area (Å²) in [7, 11) is 1.77. The smallest absolute Gasteiger partial charge is 0.248 e. The molecule has 1 amide bonds. The van der Waals surface area contributed by atoms with Crippen molar-refractivity contribution < 1.29 is 9.53 Å². The molecule has 0 atom stereocenters. The molecule has 1 rings (SSSR count). The van der Waals surface area contributed by atoms with Gasteiger partial charge in [0.1, 0.15) is 6.61 Å². The summed E-state index contributed by atoms with van der Waals surface area (Å²) in [6.07, 6.45) is 0. The Kier molecular flexibility index (Phi) is 4.65. The Morgan fingerprint density at radius 2 is 2.18 bits per heavy atom. The fourth-order valence-electron chi connectivity index (χ4n) is 1.20. The molecule has 0 aromatic carbocycles. The fourth-order valence-corrected chi connectivity index (χ4v) is 1.80. The van der Waals surface area contributed by atoms with Crippen LogP contribution in [0.1, 0.15) is 31.5 Å². The number of carbonyl (C=O) groups excluding carboxylic acids is 1. The van der Waals surface area contributed by atoms with Crippen molar-refractivity contribution in [2.75, 3.05) is 13.7 Å². The number of hydrogen-bond acceptors (Lipinski definition) is 4. The van der Waals surface area contributed by atoms with Gasteiger partial charge in [0.15, 0.2) is 0 Å². The van der Waals surface area contributed by atoms with Gasteiger partial charge in [0.2, 0.25) is 5.91 Å². The normalized spacial score (nSPS) is 11.6. The van der Waals surface area contributed by atoms with Gasteiger partial charge in [-0.1, -0.05) is 0 Å². The van der Waals surface area contributed by atoms with E-state index in [1.807, 2.05) is 33.1 Å². The summed E-state index contributed by atoms with van der Waals surface area (Å²) in [6.45, 7) is 8.41. The largest absolute Gasteiger partial charge is 0.366 e. The van der Waals surface area contributed by atoms with Crippen LogP contribution in [0, 0.1) is 6.92 Å². The standard InChI is InChI=1S/C12H20N2O2S/c1-9-13-10(8-17-9)6-14(5)11(15)7-16-12(2,3)4/h8H,6-7H2,1-5H3. The first-order chi connectivity index (χ1) is 7.78. The van der Waals surface area contributed by atoms with Gasteiger partial charge in [-0.15, -0.1) is 11.3 Å². The monoisotopic (exact) mass is 256 g/mol. The number of aryl methyl sites for hydroxylation is 1. The zero-order chi connectivity index (χ0) is 13.1. The quantitative estimate of drug-likeness (QED) is 0.829. The Bertz CT molecular complexity index is 382. The molecule has 0 unspecified atom stereocenters. The SMILES string of the molecule is Cc1nc(CN(C)C(=O)COC(C)(C)C)cs1. The molecule has 1 aromatic heterocycles. The number of nitrogens with zero attached hydrogens (tertiary/aromatic N) is 2. The number of thiazole rings is 1. The number of rotatable bonds is 4. The Labute approximate surface area is 107 Å². The van der Waals surface area contributed by atoms with E-state index in [0.717, 1.165) is 10.7 Å². The van der Waals surface area contributed by atoms with Crippen LogP contribution in [0.25, 0.3) is 0 Å². The molecule has 0 aliphatic rings. The van der Waals surface area contributed by atoms with Crippen molar-refractivity contribution in [3.8, 4) is 0 Å². The zero-order valence-electron chi connectivity index (χ0n) is 11.1. The van der Waals surface area contributed by atoms with Gasteiger partial charge in [0, 0.05) is 12.4 Å². The minimum atomic E-state index is -0.284. The molecule has 17 heavy (non-hydrogen) atoms. The number of amides is 1. The van der Waals surface area contributed by atoms with Crippen molar-refractivity contribution in [1.29, 1.82) is 0 Å². The zero-order valence-corrected chi connectivity index (χ0v) is 11.9. The molecular weight excluding hydrogens is 236 g/mol.